The minimum absolute atomic E-state index is 0.365. The maximum atomic E-state index is 6.24. The van der Waals surface area contributed by atoms with Gasteiger partial charge in [-0.15, -0.1) is 0 Å². The van der Waals surface area contributed by atoms with Crippen LogP contribution in [0.25, 0.3) is 0 Å². The lowest BCUT2D eigenvalue weighted by atomic mass is 9.91. The Kier molecular flexibility index (Phi) is 4.84. The van der Waals surface area contributed by atoms with Crippen molar-refractivity contribution in [2.75, 3.05) is 13.7 Å². The topological polar surface area (TPSA) is 70.3 Å². The molecule has 0 amide bonds. The lowest BCUT2D eigenvalue weighted by Crippen LogP contribution is -2.41. The van der Waals surface area contributed by atoms with Gasteiger partial charge in [0, 0.05) is 19.0 Å². The SMILES string of the molecule is CCOC(C)(CC)C(N)c1nccnc1OC. The normalized spacial score (nSPS) is 16.3. The largest absolute Gasteiger partial charge is 0.480 e. The summed E-state index contributed by atoms with van der Waals surface area (Å²) in [5.41, 5.74) is 6.41. The molecule has 17 heavy (non-hydrogen) atoms. The molecule has 1 rings (SSSR count). The molecular formula is C12H21N3O2. The van der Waals surface area contributed by atoms with Crippen LogP contribution in [0, 0.1) is 0 Å². The molecule has 0 saturated carbocycles. The second-order valence-corrected chi connectivity index (χ2v) is 4.03. The first-order valence-electron chi connectivity index (χ1n) is 5.83. The van der Waals surface area contributed by atoms with Crippen molar-refractivity contribution in [3.05, 3.63) is 18.1 Å². The molecule has 5 heteroatoms. The Morgan fingerprint density at radius 1 is 1.35 bits per heavy atom. The first kappa shape index (κ1) is 13.9. The fraction of sp³-hybridized carbons (Fsp3) is 0.667. The third kappa shape index (κ3) is 2.92. The number of nitrogens with zero attached hydrogens (tertiary/aromatic N) is 2. The lowest BCUT2D eigenvalue weighted by molar-refractivity contribution is -0.0486. The van der Waals surface area contributed by atoms with E-state index in [0.717, 1.165) is 6.42 Å². The third-order valence-corrected chi connectivity index (χ3v) is 3.01. The zero-order chi connectivity index (χ0) is 12.9. The molecule has 0 radical (unpaired) electrons. The number of aromatic nitrogens is 2. The zero-order valence-electron chi connectivity index (χ0n) is 10.9. The molecule has 0 aromatic carbocycles. The zero-order valence-corrected chi connectivity index (χ0v) is 10.9. The van der Waals surface area contributed by atoms with Crippen molar-refractivity contribution < 1.29 is 9.47 Å². The minimum atomic E-state index is -0.460. The Morgan fingerprint density at radius 2 is 2.00 bits per heavy atom. The Morgan fingerprint density at radius 3 is 2.53 bits per heavy atom. The monoisotopic (exact) mass is 239 g/mol. The van der Waals surface area contributed by atoms with Crippen molar-refractivity contribution in [3.8, 4) is 5.88 Å². The summed E-state index contributed by atoms with van der Waals surface area (Å²) < 4.78 is 10.9. The van der Waals surface area contributed by atoms with E-state index in [1.165, 1.54) is 0 Å². The summed E-state index contributed by atoms with van der Waals surface area (Å²) in [6, 6.07) is -0.365. The van der Waals surface area contributed by atoms with Gasteiger partial charge >= 0.3 is 0 Å². The summed E-state index contributed by atoms with van der Waals surface area (Å²) in [5.74, 6) is 0.458. The predicted octanol–water partition coefficient (Wildman–Crippen LogP) is 1.69. The van der Waals surface area contributed by atoms with Gasteiger partial charge in [0.05, 0.1) is 18.8 Å². The van der Waals surface area contributed by atoms with Crippen LogP contribution in [0.2, 0.25) is 0 Å². The van der Waals surface area contributed by atoms with Crippen LogP contribution in [-0.4, -0.2) is 29.3 Å². The Hall–Kier alpha value is -1.20. The van der Waals surface area contributed by atoms with Crippen LogP contribution in [0.5, 0.6) is 5.88 Å². The van der Waals surface area contributed by atoms with Crippen LogP contribution in [-0.2, 0) is 4.74 Å². The van der Waals surface area contributed by atoms with Crippen molar-refractivity contribution in [3.63, 3.8) is 0 Å². The van der Waals surface area contributed by atoms with E-state index in [4.69, 9.17) is 15.2 Å². The molecule has 0 aliphatic rings. The first-order chi connectivity index (χ1) is 8.09. The van der Waals surface area contributed by atoms with E-state index in [1.807, 2.05) is 20.8 Å². The van der Waals surface area contributed by atoms with E-state index in [9.17, 15) is 0 Å². The molecule has 1 aromatic rings. The molecule has 2 N–H and O–H groups in total. The highest BCUT2D eigenvalue weighted by molar-refractivity contribution is 5.23. The molecule has 0 saturated heterocycles. The Balaban J connectivity index is 3.05. The summed E-state index contributed by atoms with van der Waals surface area (Å²) in [6.07, 6.45) is 3.99. The second-order valence-electron chi connectivity index (χ2n) is 4.03. The van der Waals surface area contributed by atoms with Gasteiger partial charge in [-0.2, -0.15) is 0 Å². The quantitative estimate of drug-likeness (QED) is 0.818. The molecule has 0 bridgehead atoms. The Labute approximate surface area is 102 Å². The number of nitrogens with two attached hydrogens (primary N) is 1. The summed E-state index contributed by atoms with van der Waals surface area (Å²) >= 11 is 0. The van der Waals surface area contributed by atoms with Gasteiger partial charge < -0.3 is 15.2 Å². The highest BCUT2D eigenvalue weighted by atomic mass is 16.5. The van der Waals surface area contributed by atoms with E-state index in [0.29, 0.717) is 18.2 Å². The van der Waals surface area contributed by atoms with Crippen LogP contribution < -0.4 is 10.5 Å². The molecule has 0 aliphatic carbocycles. The van der Waals surface area contributed by atoms with Gasteiger partial charge in [0.1, 0.15) is 5.69 Å². The van der Waals surface area contributed by atoms with Crippen LogP contribution in [0.1, 0.15) is 38.9 Å². The van der Waals surface area contributed by atoms with Gasteiger partial charge in [0.25, 0.3) is 0 Å². The maximum Gasteiger partial charge on any atom is 0.237 e. The molecule has 96 valence electrons. The van der Waals surface area contributed by atoms with Crippen LogP contribution in [0.3, 0.4) is 0 Å². The summed E-state index contributed by atoms with van der Waals surface area (Å²) in [6.45, 7) is 6.59. The average Bonchev–Trinajstić information content (AvgIpc) is 2.38. The van der Waals surface area contributed by atoms with Crippen LogP contribution in [0.15, 0.2) is 12.4 Å². The summed E-state index contributed by atoms with van der Waals surface area (Å²) in [5, 5.41) is 0. The number of hydrogen-bond acceptors (Lipinski definition) is 5. The smallest absolute Gasteiger partial charge is 0.237 e. The van der Waals surface area contributed by atoms with Crippen molar-refractivity contribution in [2.45, 2.75) is 38.8 Å². The fourth-order valence-corrected chi connectivity index (χ4v) is 1.74. The van der Waals surface area contributed by atoms with Crippen molar-refractivity contribution >= 4 is 0 Å². The number of rotatable bonds is 6. The van der Waals surface area contributed by atoms with Gasteiger partial charge in [-0.05, 0) is 20.3 Å². The molecule has 1 heterocycles. The number of ether oxygens (including phenoxy) is 2. The van der Waals surface area contributed by atoms with Gasteiger partial charge in [-0.25, -0.2) is 4.98 Å². The van der Waals surface area contributed by atoms with Gasteiger partial charge in [-0.3, -0.25) is 4.98 Å². The molecule has 2 atom stereocenters. The highest BCUT2D eigenvalue weighted by Gasteiger charge is 2.34. The van der Waals surface area contributed by atoms with Gasteiger partial charge in [0.15, 0.2) is 0 Å². The van der Waals surface area contributed by atoms with Crippen molar-refractivity contribution in [1.82, 2.24) is 9.97 Å². The number of hydrogen-bond donors (Lipinski definition) is 1. The standard InChI is InChI=1S/C12H21N3O2/c1-5-12(3,17-6-2)10(13)9-11(16-4)15-8-7-14-9/h7-8,10H,5-6,13H2,1-4H3. The molecule has 0 spiro atoms. The third-order valence-electron chi connectivity index (χ3n) is 3.01. The van der Waals surface area contributed by atoms with E-state index >= 15 is 0 Å². The minimum Gasteiger partial charge on any atom is -0.480 e. The molecule has 5 nitrogen and oxygen atoms in total. The molecule has 1 aromatic heterocycles. The maximum absolute atomic E-state index is 6.24. The second kappa shape index (κ2) is 5.93. The van der Waals surface area contributed by atoms with Gasteiger partial charge in [0.2, 0.25) is 5.88 Å². The van der Waals surface area contributed by atoms with Crippen molar-refractivity contribution in [2.24, 2.45) is 5.73 Å². The molecule has 0 aliphatic heterocycles. The average molecular weight is 239 g/mol. The van der Waals surface area contributed by atoms with E-state index in [2.05, 4.69) is 9.97 Å². The molecular weight excluding hydrogens is 218 g/mol. The highest BCUT2D eigenvalue weighted by Crippen LogP contribution is 2.32. The van der Waals surface area contributed by atoms with Crippen molar-refractivity contribution in [1.29, 1.82) is 0 Å². The van der Waals surface area contributed by atoms with Crippen LogP contribution in [0.4, 0.5) is 0 Å². The summed E-state index contributed by atoms with van der Waals surface area (Å²) in [7, 11) is 1.56. The lowest BCUT2D eigenvalue weighted by Gasteiger charge is -2.34. The van der Waals surface area contributed by atoms with Crippen LogP contribution >= 0.6 is 0 Å². The van der Waals surface area contributed by atoms with E-state index < -0.39 is 5.60 Å². The fourth-order valence-electron chi connectivity index (χ4n) is 1.74. The van der Waals surface area contributed by atoms with Gasteiger partial charge in [-0.1, -0.05) is 6.92 Å². The molecule has 2 unspecified atom stereocenters. The number of methoxy groups -OCH3 is 1. The summed E-state index contributed by atoms with van der Waals surface area (Å²) in [4.78, 5) is 8.36. The molecule has 0 fully saturated rings. The first-order valence-corrected chi connectivity index (χ1v) is 5.83. The van der Waals surface area contributed by atoms with E-state index in [-0.39, 0.29) is 6.04 Å². The van der Waals surface area contributed by atoms with E-state index in [1.54, 1.807) is 19.5 Å². The predicted molar refractivity (Wildman–Crippen MR) is 65.8 cm³/mol. The Bertz CT molecular complexity index is 359.